The normalized spacial score (nSPS) is 10.8. The van der Waals surface area contributed by atoms with Gasteiger partial charge in [-0.2, -0.15) is 0 Å². The highest BCUT2D eigenvalue weighted by molar-refractivity contribution is 14.0. The molecule has 0 unspecified atom stereocenters. The fourth-order valence-electron chi connectivity index (χ4n) is 1.08. The molecule has 16 heavy (non-hydrogen) atoms. The Morgan fingerprint density at radius 3 is 2.56 bits per heavy atom. The van der Waals surface area contributed by atoms with Crippen LogP contribution in [0.4, 0.5) is 4.39 Å². The summed E-state index contributed by atoms with van der Waals surface area (Å²) in [5.74, 6) is 0.195. The molecule has 5 heteroatoms. The van der Waals surface area contributed by atoms with Crippen LogP contribution >= 0.6 is 24.0 Å². The van der Waals surface area contributed by atoms with E-state index in [1.807, 2.05) is 0 Å². The molecule has 0 aliphatic carbocycles. The van der Waals surface area contributed by atoms with Gasteiger partial charge in [-0.25, -0.2) is 9.38 Å². The van der Waals surface area contributed by atoms with E-state index in [4.69, 9.17) is 5.73 Å². The molecule has 3 nitrogen and oxygen atoms in total. The fourth-order valence-corrected chi connectivity index (χ4v) is 1.08. The van der Waals surface area contributed by atoms with Crippen LogP contribution in [0.3, 0.4) is 0 Å². The first kappa shape index (κ1) is 15.2. The van der Waals surface area contributed by atoms with E-state index in [-0.39, 0.29) is 29.8 Å². The molecule has 0 amide bonds. The molecule has 0 saturated carbocycles. The van der Waals surface area contributed by atoms with Gasteiger partial charge in [0.05, 0.1) is 6.54 Å². The lowest BCUT2D eigenvalue weighted by Crippen LogP contribution is -2.32. The number of benzene rings is 1. The van der Waals surface area contributed by atoms with Crippen LogP contribution in [0, 0.1) is 5.82 Å². The molecule has 0 saturated heterocycles. The van der Waals surface area contributed by atoms with Crippen molar-refractivity contribution >= 4 is 29.9 Å². The van der Waals surface area contributed by atoms with Gasteiger partial charge >= 0.3 is 0 Å². The summed E-state index contributed by atoms with van der Waals surface area (Å²) in [6.45, 7) is 3.35. The number of rotatable bonds is 4. The Kier molecular flexibility index (Phi) is 7.88. The number of aliphatic imine (C=N–C) groups is 1. The molecule has 0 aromatic heterocycles. The second kappa shape index (κ2) is 8.32. The number of hydrogen-bond donors (Lipinski definition) is 2. The SMILES string of the molecule is CCCNC(N)=NCc1ccc(F)cc1.I. The minimum atomic E-state index is -0.236. The molecule has 90 valence electrons. The summed E-state index contributed by atoms with van der Waals surface area (Å²) < 4.78 is 12.6. The summed E-state index contributed by atoms with van der Waals surface area (Å²) in [7, 11) is 0. The summed E-state index contributed by atoms with van der Waals surface area (Å²) in [6, 6.07) is 6.24. The van der Waals surface area contributed by atoms with Crippen LogP contribution in [-0.4, -0.2) is 12.5 Å². The van der Waals surface area contributed by atoms with Crippen LogP contribution in [0.25, 0.3) is 0 Å². The van der Waals surface area contributed by atoms with Crippen molar-refractivity contribution in [3.05, 3.63) is 35.6 Å². The highest BCUT2D eigenvalue weighted by Crippen LogP contribution is 2.03. The molecule has 0 bridgehead atoms. The second-order valence-electron chi connectivity index (χ2n) is 3.25. The summed E-state index contributed by atoms with van der Waals surface area (Å²) in [5, 5.41) is 2.97. The van der Waals surface area contributed by atoms with Gasteiger partial charge in [-0.1, -0.05) is 19.1 Å². The van der Waals surface area contributed by atoms with Crippen LogP contribution < -0.4 is 11.1 Å². The maximum Gasteiger partial charge on any atom is 0.188 e. The molecule has 0 spiro atoms. The Balaban J connectivity index is 0.00000225. The molecule has 0 atom stereocenters. The van der Waals surface area contributed by atoms with Gasteiger partial charge in [0.2, 0.25) is 0 Å². The first-order valence-electron chi connectivity index (χ1n) is 5.00. The smallest absolute Gasteiger partial charge is 0.188 e. The van der Waals surface area contributed by atoms with Crippen molar-refractivity contribution in [2.45, 2.75) is 19.9 Å². The number of guanidine groups is 1. The van der Waals surface area contributed by atoms with Crippen molar-refractivity contribution in [1.82, 2.24) is 5.32 Å². The third kappa shape index (κ3) is 5.89. The molecule has 1 rings (SSSR count). The van der Waals surface area contributed by atoms with Gasteiger partial charge in [0.1, 0.15) is 5.82 Å². The lowest BCUT2D eigenvalue weighted by molar-refractivity contribution is 0.627. The number of nitrogens with one attached hydrogen (secondary N) is 1. The Bertz CT molecular complexity index is 325. The zero-order valence-corrected chi connectivity index (χ0v) is 11.6. The van der Waals surface area contributed by atoms with E-state index < -0.39 is 0 Å². The van der Waals surface area contributed by atoms with E-state index in [0.717, 1.165) is 18.5 Å². The second-order valence-corrected chi connectivity index (χ2v) is 3.25. The van der Waals surface area contributed by atoms with E-state index in [0.29, 0.717) is 12.5 Å². The van der Waals surface area contributed by atoms with E-state index in [1.54, 1.807) is 12.1 Å². The zero-order valence-electron chi connectivity index (χ0n) is 9.24. The Morgan fingerprint density at radius 1 is 1.38 bits per heavy atom. The standard InChI is InChI=1S/C11H16FN3.HI/c1-2-7-14-11(13)15-8-9-3-5-10(12)6-4-9;/h3-6H,2,7-8H2,1H3,(H3,13,14,15);1H. The molecule has 0 fully saturated rings. The van der Waals surface area contributed by atoms with Gasteiger partial charge in [0.25, 0.3) is 0 Å². The van der Waals surface area contributed by atoms with Crippen molar-refractivity contribution in [1.29, 1.82) is 0 Å². The van der Waals surface area contributed by atoms with Crippen molar-refractivity contribution < 1.29 is 4.39 Å². The average molecular weight is 337 g/mol. The van der Waals surface area contributed by atoms with Gasteiger partial charge < -0.3 is 11.1 Å². The van der Waals surface area contributed by atoms with Gasteiger partial charge in [-0.05, 0) is 24.1 Å². The topological polar surface area (TPSA) is 50.4 Å². The Morgan fingerprint density at radius 2 is 2.00 bits per heavy atom. The largest absolute Gasteiger partial charge is 0.370 e. The van der Waals surface area contributed by atoms with Crippen molar-refractivity contribution in [2.75, 3.05) is 6.54 Å². The quantitative estimate of drug-likeness (QED) is 0.503. The number of nitrogens with two attached hydrogens (primary N) is 1. The highest BCUT2D eigenvalue weighted by Gasteiger charge is 1.93. The summed E-state index contributed by atoms with van der Waals surface area (Å²) >= 11 is 0. The van der Waals surface area contributed by atoms with E-state index in [1.165, 1.54) is 12.1 Å². The third-order valence-electron chi connectivity index (χ3n) is 1.90. The molecule has 3 N–H and O–H groups in total. The van der Waals surface area contributed by atoms with Crippen LogP contribution in [-0.2, 0) is 6.54 Å². The number of halogens is 2. The van der Waals surface area contributed by atoms with Crippen molar-refractivity contribution in [3.63, 3.8) is 0 Å². The van der Waals surface area contributed by atoms with Gasteiger partial charge in [0, 0.05) is 6.54 Å². The van der Waals surface area contributed by atoms with Gasteiger partial charge in [-0.3, -0.25) is 0 Å². The number of nitrogens with zero attached hydrogens (tertiary/aromatic N) is 1. The first-order valence-corrected chi connectivity index (χ1v) is 5.00. The van der Waals surface area contributed by atoms with E-state index in [9.17, 15) is 4.39 Å². The molecule has 0 radical (unpaired) electrons. The predicted molar refractivity (Wildman–Crippen MR) is 75.4 cm³/mol. The average Bonchev–Trinajstić information content (AvgIpc) is 2.25. The van der Waals surface area contributed by atoms with Crippen molar-refractivity contribution in [2.24, 2.45) is 10.7 Å². The van der Waals surface area contributed by atoms with Crippen LogP contribution in [0.15, 0.2) is 29.3 Å². The maximum absolute atomic E-state index is 12.6. The monoisotopic (exact) mass is 337 g/mol. The molecule has 1 aromatic rings. The highest BCUT2D eigenvalue weighted by atomic mass is 127. The molecular weight excluding hydrogens is 320 g/mol. The van der Waals surface area contributed by atoms with Crippen molar-refractivity contribution in [3.8, 4) is 0 Å². The van der Waals surface area contributed by atoms with Crippen LogP contribution in [0.2, 0.25) is 0 Å². The minimum Gasteiger partial charge on any atom is -0.370 e. The maximum atomic E-state index is 12.6. The summed E-state index contributed by atoms with van der Waals surface area (Å²) in [4.78, 5) is 4.12. The van der Waals surface area contributed by atoms with Gasteiger partial charge in [0.15, 0.2) is 5.96 Å². The van der Waals surface area contributed by atoms with E-state index >= 15 is 0 Å². The van der Waals surface area contributed by atoms with Gasteiger partial charge in [-0.15, -0.1) is 24.0 Å². The molecular formula is C11H17FIN3. The first-order chi connectivity index (χ1) is 7.22. The van der Waals surface area contributed by atoms with Crippen LogP contribution in [0.5, 0.6) is 0 Å². The summed E-state index contributed by atoms with van der Waals surface area (Å²) in [5.41, 5.74) is 6.54. The number of hydrogen-bond acceptors (Lipinski definition) is 1. The molecule has 0 heterocycles. The molecule has 0 aliphatic rings. The lowest BCUT2D eigenvalue weighted by atomic mass is 10.2. The Labute approximate surface area is 112 Å². The Hall–Kier alpha value is -0.850. The molecule has 0 aliphatic heterocycles. The molecule has 1 aromatic carbocycles. The van der Waals surface area contributed by atoms with Crippen LogP contribution in [0.1, 0.15) is 18.9 Å². The zero-order chi connectivity index (χ0) is 11.1. The summed E-state index contributed by atoms with van der Waals surface area (Å²) in [6.07, 6.45) is 1.01. The predicted octanol–water partition coefficient (Wildman–Crippen LogP) is 2.26. The lowest BCUT2D eigenvalue weighted by Gasteiger charge is -2.03. The van der Waals surface area contributed by atoms with E-state index in [2.05, 4.69) is 17.2 Å². The minimum absolute atomic E-state index is 0. The fraction of sp³-hybridized carbons (Fsp3) is 0.364. The third-order valence-corrected chi connectivity index (χ3v) is 1.90.